The summed E-state index contributed by atoms with van der Waals surface area (Å²) in [4.78, 5) is 49.2. The molecule has 3 aromatic heterocycles. The lowest BCUT2D eigenvalue weighted by Crippen LogP contribution is -2.35. The van der Waals surface area contributed by atoms with Crippen molar-refractivity contribution in [2.24, 2.45) is 0 Å². The lowest BCUT2D eigenvalue weighted by molar-refractivity contribution is 0.256. The number of methoxy groups -OCH3 is 1. The molecule has 0 aliphatic rings. The van der Waals surface area contributed by atoms with Gasteiger partial charge in [0.05, 0.1) is 29.2 Å². The lowest BCUT2D eigenvalue weighted by atomic mass is 10.2. The van der Waals surface area contributed by atoms with Crippen LogP contribution in [0.25, 0.3) is 16.9 Å². The number of nitrogens with one attached hydrogen (secondary N) is 4. The maximum atomic E-state index is 13.0. The first-order chi connectivity index (χ1) is 17.0. The van der Waals surface area contributed by atoms with Crippen LogP contribution in [0, 0.1) is 6.92 Å². The minimum Gasteiger partial charge on any atom is -0.479 e. The first-order valence-electron chi connectivity index (χ1n) is 10.0. The van der Waals surface area contributed by atoms with Gasteiger partial charge in [-0.05, 0) is 31.2 Å². The van der Waals surface area contributed by atoms with Crippen molar-refractivity contribution in [2.45, 2.75) is 11.1 Å². The Balaban J connectivity index is 1.64. The summed E-state index contributed by atoms with van der Waals surface area (Å²) < 4.78 is 32.5. The van der Waals surface area contributed by atoms with Crippen LogP contribution in [0.5, 0.6) is 5.88 Å². The Morgan fingerprint density at radius 2 is 2.00 bits per heavy atom. The van der Waals surface area contributed by atoms with Gasteiger partial charge in [-0.3, -0.25) is 4.79 Å². The molecule has 36 heavy (non-hydrogen) atoms. The van der Waals surface area contributed by atoms with Crippen LogP contribution in [0.15, 0.2) is 44.3 Å². The number of hydrogen-bond donors (Lipinski definition) is 4. The number of carbonyl (C=O) groups excluding carboxylic acids is 1. The molecule has 0 saturated carbocycles. The minimum absolute atomic E-state index is 0.113. The van der Waals surface area contributed by atoms with Crippen molar-refractivity contribution >= 4 is 61.3 Å². The standard InChI is InChI=1S/C20H18ClN7O6S2/c1-9-12(21)7-15(35-9)36(32,33)27-19(30)24-14-8-23-18(26-16(14)34-3)28-17(29)11-5-4-10(22-2)6-13(11)25-20(28)31/h4-8,22H,1-3H3,(H,25,31)(H2,24,27,30). The van der Waals surface area contributed by atoms with Crippen LogP contribution in [-0.2, 0) is 10.0 Å². The molecule has 188 valence electrons. The van der Waals surface area contributed by atoms with Gasteiger partial charge in [0.15, 0.2) is 0 Å². The molecule has 0 saturated heterocycles. The van der Waals surface area contributed by atoms with E-state index >= 15 is 0 Å². The number of carbonyl (C=O) groups is 1. The molecule has 0 aliphatic heterocycles. The van der Waals surface area contributed by atoms with E-state index in [0.29, 0.717) is 20.6 Å². The predicted molar refractivity (Wildman–Crippen MR) is 135 cm³/mol. The fourth-order valence-electron chi connectivity index (χ4n) is 3.15. The second kappa shape index (κ2) is 9.60. The van der Waals surface area contributed by atoms with E-state index in [2.05, 4.69) is 25.6 Å². The molecule has 1 aromatic carbocycles. The number of aryl methyl sites for hydroxylation is 1. The summed E-state index contributed by atoms with van der Waals surface area (Å²) in [5, 5.41) is 5.66. The molecule has 0 spiro atoms. The van der Waals surface area contributed by atoms with E-state index in [1.54, 1.807) is 26.1 Å². The first kappa shape index (κ1) is 25.2. The topological polar surface area (TPSA) is 177 Å². The summed E-state index contributed by atoms with van der Waals surface area (Å²) in [6.45, 7) is 1.64. The average Bonchev–Trinajstić information content (AvgIpc) is 3.18. The Labute approximate surface area is 212 Å². The normalized spacial score (nSPS) is 11.3. The second-order valence-electron chi connectivity index (χ2n) is 7.20. The Morgan fingerprint density at radius 3 is 2.64 bits per heavy atom. The van der Waals surface area contributed by atoms with Crippen molar-refractivity contribution in [2.75, 3.05) is 24.8 Å². The van der Waals surface area contributed by atoms with Gasteiger partial charge in [-0.1, -0.05) is 11.6 Å². The Morgan fingerprint density at radius 1 is 1.25 bits per heavy atom. The summed E-state index contributed by atoms with van der Waals surface area (Å²) in [5.74, 6) is -0.542. The molecular formula is C20H18ClN7O6S2. The van der Waals surface area contributed by atoms with Crippen molar-refractivity contribution in [1.29, 1.82) is 0 Å². The minimum atomic E-state index is -4.19. The third-order valence-corrected chi connectivity index (χ3v) is 8.26. The number of thiophene rings is 1. The number of aromatic nitrogens is 4. The quantitative estimate of drug-likeness (QED) is 0.279. The molecule has 0 radical (unpaired) electrons. The van der Waals surface area contributed by atoms with Crippen LogP contribution in [-0.4, -0.2) is 48.1 Å². The van der Waals surface area contributed by atoms with Gasteiger partial charge in [0, 0.05) is 17.6 Å². The second-order valence-corrected chi connectivity index (χ2v) is 10.8. The third kappa shape index (κ3) is 4.75. The largest absolute Gasteiger partial charge is 0.479 e. The zero-order valence-corrected chi connectivity index (χ0v) is 21.3. The van der Waals surface area contributed by atoms with Gasteiger partial charge in [0.1, 0.15) is 9.90 Å². The molecular weight excluding hydrogens is 534 g/mol. The van der Waals surface area contributed by atoms with E-state index in [9.17, 15) is 22.8 Å². The third-order valence-electron chi connectivity index (χ3n) is 4.90. The predicted octanol–water partition coefficient (Wildman–Crippen LogP) is 2.05. The first-order valence-corrected chi connectivity index (χ1v) is 12.7. The fraction of sp³-hybridized carbons (Fsp3) is 0.150. The maximum Gasteiger partial charge on any atom is 0.335 e. The Bertz CT molecular complexity index is 1710. The summed E-state index contributed by atoms with van der Waals surface area (Å²) in [6, 6.07) is 4.92. The summed E-state index contributed by atoms with van der Waals surface area (Å²) in [7, 11) is -1.26. The highest BCUT2D eigenvalue weighted by Gasteiger charge is 2.23. The smallest absolute Gasteiger partial charge is 0.335 e. The molecule has 0 unspecified atom stereocenters. The molecule has 16 heteroatoms. The maximum absolute atomic E-state index is 13.0. The molecule has 0 bridgehead atoms. The zero-order valence-electron chi connectivity index (χ0n) is 18.9. The highest BCUT2D eigenvalue weighted by atomic mass is 35.5. The number of halogens is 1. The molecule has 13 nitrogen and oxygen atoms in total. The van der Waals surface area contributed by atoms with E-state index in [1.165, 1.54) is 19.2 Å². The molecule has 4 rings (SSSR count). The molecule has 3 heterocycles. The number of ether oxygens (including phenoxy) is 1. The molecule has 0 fully saturated rings. The van der Waals surface area contributed by atoms with Crippen molar-refractivity contribution in [3.63, 3.8) is 0 Å². The molecule has 4 aromatic rings. The van der Waals surface area contributed by atoms with Gasteiger partial charge in [-0.2, -0.15) is 9.55 Å². The Kier molecular flexibility index (Phi) is 6.71. The summed E-state index contributed by atoms with van der Waals surface area (Å²) in [5.41, 5.74) is -0.567. The van der Waals surface area contributed by atoms with Crippen LogP contribution >= 0.6 is 22.9 Å². The van der Waals surface area contributed by atoms with Crippen LogP contribution < -0.4 is 31.3 Å². The highest BCUT2D eigenvalue weighted by molar-refractivity contribution is 7.92. The van der Waals surface area contributed by atoms with Crippen LogP contribution in [0.3, 0.4) is 0 Å². The molecule has 2 amide bonds. The number of anilines is 2. The number of nitrogens with zero attached hydrogens (tertiary/aromatic N) is 3. The van der Waals surface area contributed by atoms with Crippen molar-refractivity contribution < 1.29 is 17.9 Å². The van der Waals surface area contributed by atoms with E-state index in [4.69, 9.17) is 16.3 Å². The number of aromatic amines is 1. The number of hydrogen-bond acceptors (Lipinski definition) is 10. The van der Waals surface area contributed by atoms with Crippen molar-refractivity contribution in [3.8, 4) is 11.8 Å². The number of sulfonamides is 1. The van der Waals surface area contributed by atoms with Gasteiger partial charge in [0.25, 0.3) is 15.6 Å². The van der Waals surface area contributed by atoms with E-state index < -0.39 is 27.3 Å². The van der Waals surface area contributed by atoms with Crippen molar-refractivity contribution in [1.82, 2.24) is 24.2 Å². The van der Waals surface area contributed by atoms with Crippen LogP contribution in [0.4, 0.5) is 16.2 Å². The average molecular weight is 552 g/mol. The van der Waals surface area contributed by atoms with Crippen LogP contribution in [0.2, 0.25) is 5.02 Å². The molecule has 0 aliphatic carbocycles. The number of fused-ring (bicyclic) bond motifs is 1. The lowest BCUT2D eigenvalue weighted by Gasteiger charge is -2.12. The fourth-order valence-corrected chi connectivity index (χ4v) is 5.75. The number of urea groups is 1. The van der Waals surface area contributed by atoms with E-state index in [-0.39, 0.29) is 32.1 Å². The van der Waals surface area contributed by atoms with E-state index in [1.807, 2.05) is 4.72 Å². The summed E-state index contributed by atoms with van der Waals surface area (Å²) in [6.07, 6.45) is 1.07. The zero-order chi connectivity index (χ0) is 26.2. The van der Waals surface area contributed by atoms with Gasteiger partial charge >= 0.3 is 11.7 Å². The van der Waals surface area contributed by atoms with Crippen molar-refractivity contribution in [3.05, 3.63) is 61.2 Å². The van der Waals surface area contributed by atoms with Gasteiger partial charge in [-0.15, -0.1) is 11.3 Å². The van der Waals surface area contributed by atoms with Crippen LogP contribution in [0.1, 0.15) is 4.88 Å². The SMILES string of the molecule is CNc1ccc2c(=O)n(-c3ncc(NC(=O)NS(=O)(=O)c4cc(Cl)c(C)s4)c(OC)n3)c(=O)[nH]c2c1. The summed E-state index contributed by atoms with van der Waals surface area (Å²) >= 11 is 6.81. The number of benzene rings is 1. The Hall–Kier alpha value is -3.95. The molecule has 0 atom stereocenters. The number of amides is 2. The number of rotatable bonds is 6. The van der Waals surface area contributed by atoms with E-state index in [0.717, 1.165) is 17.5 Å². The highest BCUT2D eigenvalue weighted by Crippen LogP contribution is 2.29. The van der Waals surface area contributed by atoms with Gasteiger partial charge in [0.2, 0.25) is 11.8 Å². The molecule has 4 N–H and O–H groups in total. The monoisotopic (exact) mass is 551 g/mol. The number of H-pyrrole nitrogens is 1. The van der Waals surface area contributed by atoms with Gasteiger partial charge < -0.3 is 20.4 Å². The van der Waals surface area contributed by atoms with Gasteiger partial charge in [-0.25, -0.2) is 27.7 Å².